The van der Waals surface area contributed by atoms with Crippen LogP contribution in [0.25, 0.3) is 0 Å². The first kappa shape index (κ1) is 13.6. The van der Waals surface area contributed by atoms with E-state index in [0.29, 0.717) is 10.6 Å². The van der Waals surface area contributed by atoms with E-state index in [2.05, 4.69) is 10.3 Å². The van der Waals surface area contributed by atoms with Crippen molar-refractivity contribution in [2.75, 3.05) is 5.32 Å². The summed E-state index contributed by atoms with van der Waals surface area (Å²) in [5.74, 6) is -0.238. The normalized spacial score (nSPS) is 10.3. The molecule has 0 bridgehead atoms. The second-order valence-electron chi connectivity index (χ2n) is 4.27. The molecule has 0 atom stereocenters. The van der Waals surface area contributed by atoms with E-state index >= 15 is 0 Å². The Morgan fingerprint density at radius 2 is 2.11 bits per heavy atom. The van der Waals surface area contributed by atoms with E-state index in [1.54, 1.807) is 6.07 Å². The largest absolute Gasteiger partial charge is 0.322 e. The van der Waals surface area contributed by atoms with Crippen molar-refractivity contribution in [3.8, 4) is 0 Å². The maximum atomic E-state index is 12.2. The predicted octanol–water partition coefficient (Wildman–Crippen LogP) is 3.86. The second kappa shape index (κ2) is 5.85. The first-order valence-electron chi connectivity index (χ1n) is 6.13. The summed E-state index contributed by atoms with van der Waals surface area (Å²) < 4.78 is 0. The molecule has 0 radical (unpaired) electrons. The molecule has 0 spiro atoms. The summed E-state index contributed by atoms with van der Waals surface area (Å²) in [6.07, 6.45) is 2.36. The van der Waals surface area contributed by atoms with Gasteiger partial charge < -0.3 is 5.32 Å². The van der Waals surface area contributed by atoms with Crippen molar-refractivity contribution < 1.29 is 4.79 Å². The SMILES string of the molecule is CCc1ccccc1NC(=O)c1cnc(C)cc1Cl. The molecule has 0 aliphatic rings. The molecule has 0 aliphatic carbocycles. The number of amides is 1. The fourth-order valence-electron chi connectivity index (χ4n) is 1.83. The van der Waals surface area contributed by atoms with Gasteiger partial charge in [-0.3, -0.25) is 9.78 Å². The molecule has 3 nitrogen and oxygen atoms in total. The molecule has 98 valence electrons. The number of carbonyl (C=O) groups excluding carboxylic acids is 1. The van der Waals surface area contributed by atoms with Gasteiger partial charge in [0.15, 0.2) is 0 Å². The molecule has 4 heteroatoms. The van der Waals surface area contributed by atoms with E-state index < -0.39 is 0 Å². The molecule has 0 unspecified atom stereocenters. The molecular weight excluding hydrogens is 260 g/mol. The number of rotatable bonds is 3. The molecule has 1 N–H and O–H groups in total. The molecule has 19 heavy (non-hydrogen) atoms. The zero-order chi connectivity index (χ0) is 13.8. The van der Waals surface area contributed by atoms with Crippen LogP contribution in [0.4, 0.5) is 5.69 Å². The fraction of sp³-hybridized carbons (Fsp3) is 0.200. The molecule has 0 aliphatic heterocycles. The van der Waals surface area contributed by atoms with Crippen molar-refractivity contribution in [2.24, 2.45) is 0 Å². The number of anilines is 1. The number of benzene rings is 1. The van der Waals surface area contributed by atoms with E-state index in [9.17, 15) is 4.79 Å². The van der Waals surface area contributed by atoms with Gasteiger partial charge in [0.25, 0.3) is 5.91 Å². The zero-order valence-corrected chi connectivity index (χ0v) is 11.7. The number of para-hydroxylation sites is 1. The average Bonchev–Trinajstić information content (AvgIpc) is 2.39. The lowest BCUT2D eigenvalue weighted by atomic mass is 10.1. The van der Waals surface area contributed by atoms with Gasteiger partial charge >= 0.3 is 0 Å². The average molecular weight is 275 g/mol. The lowest BCUT2D eigenvalue weighted by Gasteiger charge is -2.10. The number of aryl methyl sites for hydroxylation is 2. The minimum absolute atomic E-state index is 0.238. The van der Waals surface area contributed by atoms with Crippen LogP contribution in [0.1, 0.15) is 28.5 Å². The van der Waals surface area contributed by atoms with Crippen molar-refractivity contribution in [1.29, 1.82) is 0 Å². The summed E-state index contributed by atoms with van der Waals surface area (Å²) in [5.41, 5.74) is 3.08. The Kier molecular flexibility index (Phi) is 4.17. The summed E-state index contributed by atoms with van der Waals surface area (Å²) in [5, 5.41) is 3.29. The molecule has 1 amide bonds. The van der Waals surface area contributed by atoms with E-state index in [1.165, 1.54) is 6.20 Å². The topological polar surface area (TPSA) is 42.0 Å². The van der Waals surface area contributed by atoms with Crippen LogP contribution < -0.4 is 5.32 Å². The van der Waals surface area contributed by atoms with Gasteiger partial charge in [0.05, 0.1) is 10.6 Å². The van der Waals surface area contributed by atoms with Crippen molar-refractivity contribution in [3.05, 3.63) is 58.4 Å². The quantitative estimate of drug-likeness (QED) is 0.923. The number of aromatic nitrogens is 1. The van der Waals surface area contributed by atoms with Crippen LogP contribution in [0.3, 0.4) is 0 Å². The number of nitrogens with one attached hydrogen (secondary N) is 1. The zero-order valence-electron chi connectivity index (χ0n) is 10.9. The van der Waals surface area contributed by atoms with Crippen molar-refractivity contribution in [2.45, 2.75) is 20.3 Å². The van der Waals surface area contributed by atoms with Gasteiger partial charge in [-0.05, 0) is 31.0 Å². The molecule has 1 aromatic carbocycles. The lowest BCUT2D eigenvalue weighted by molar-refractivity contribution is 0.102. The molecule has 2 rings (SSSR count). The standard InChI is InChI=1S/C15H15ClN2O/c1-3-11-6-4-5-7-14(11)18-15(19)12-9-17-10(2)8-13(12)16/h4-9H,3H2,1-2H3,(H,18,19). The maximum absolute atomic E-state index is 12.2. The van der Waals surface area contributed by atoms with Crippen molar-refractivity contribution >= 4 is 23.2 Å². The Balaban J connectivity index is 2.26. The van der Waals surface area contributed by atoms with Gasteiger partial charge in [0, 0.05) is 17.6 Å². The molecule has 0 saturated heterocycles. The highest BCUT2D eigenvalue weighted by atomic mass is 35.5. The third-order valence-electron chi connectivity index (χ3n) is 2.88. The number of halogens is 1. The lowest BCUT2D eigenvalue weighted by Crippen LogP contribution is -2.14. The molecule has 0 fully saturated rings. The summed E-state index contributed by atoms with van der Waals surface area (Å²) in [6, 6.07) is 9.40. The highest BCUT2D eigenvalue weighted by molar-refractivity contribution is 6.34. The Bertz CT molecular complexity index is 611. The minimum Gasteiger partial charge on any atom is -0.322 e. The molecule has 0 saturated carbocycles. The van der Waals surface area contributed by atoms with Gasteiger partial charge in [-0.25, -0.2) is 0 Å². The number of hydrogen-bond donors (Lipinski definition) is 1. The monoisotopic (exact) mass is 274 g/mol. The van der Waals surface area contributed by atoms with Gasteiger partial charge in [-0.1, -0.05) is 36.7 Å². The summed E-state index contributed by atoms with van der Waals surface area (Å²) in [6.45, 7) is 3.88. The smallest absolute Gasteiger partial charge is 0.258 e. The highest BCUT2D eigenvalue weighted by Crippen LogP contribution is 2.20. The van der Waals surface area contributed by atoms with Gasteiger partial charge in [0.1, 0.15) is 0 Å². The summed E-state index contributed by atoms with van der Waals surface area (Å²) in [7, 11) is 0. The summed E-state index contributed by atoms with van der Waals surface area (Å²) >= 11 is 6.06. The van der Waals surface area contributed by atoms with Crippen molar-refractivity contribution in [3.63, 3.8) is 0 Å². The van der Waals surface area contributed by atoms with Gasteiger partial charge in [0.2, 0.25) is 0 Å². The number of carbonyl (C=O) groups is 1. The first-order valence-corrected chi connectivity index (χ1v) is 6.51. The van der Waals surface area contributed by atoms with Crippen LogP contribution in [0.2, 0.25) is 5.02 Å². The third kappa shape index (κ3) is 3.12. The van der Waals surface area contributed by atoms with Gasteiger partial charge in [-0.15, -0.1) is 0 Å². The van der Waals surface area contributed by atoms with Crippen LogP contribution in [0, 0.1) is 6.92 Å². The van der Waals surface area contributed by atoms with Crippen LogP contribution in [0.5, 0.6) is 0 Å². The van der Waals surface area contributed by atoms with E-state index in [0.717, 1.165) is 23.4 Å². The summed E-state index contributed by atoms with van der Waals surface area (Å²) in [4.78, 5) is 16.3. The predicted molar refractivity (Wildman–Crippen MR) is 77.8 cm³/mol. The number of nitrogens with zero attached hydrogens (tertiary/aromatic N) is 1. The van der Waals surface area contributed by atoms with Crippen molar-refractivity contribution in [1.82, 2.24) is 4.98 Å². The van der Waals surface area contributed by atoms with E-state index in [4.69, 9.17) is 11.6 Å². The molecule has 1 heterocycles. The Morgan fingerprint density at radius 3 is 2.79 bits per heavy atom. The maximum Gasteiger partial charge on any atom is 0.258 e. The first-order chi connectivity index (χ1) is 9.11. The Hall–Kier alpha value is -1.87. The van der Waals surface area contributed by atoms with Crippen LogP contribution in [-0.4, -0.2) is 10.9 Å². The van der Waals surface area contributed by atoms with E-state index in [1.807, 2.05) is 38.1 Å². The second-order valence-corrected chi connectivity index (χ2v) is 4.68. The molecular formula is C15H15ClN2O. The third-order valence-corrected chi connectivity index (χ3v) is 3.19. The van der Waals surface area contributed by atoms with E-state index in [-0.39, 0.29) is 5.91 Å². The number of pyridine rings is 1. The highest BCUT2D eigenvalue weighted by Gasteiger charge is 2.12. The minimum atomic E-state index is -0.238. The van der Waals surface area contributed by atoms with Crippen LogP contribution in [0.15, 0.2) is 36.5 Å². The Morgan fingerprint density at radius 1 is 1.37 bits per heavy atom. The fourth-order valence-corrected chi connectivity index (χ4v) is 2.13. The molecule has 2 aromatic rings. The van der Waals surface area contributed by atoms with Gasteiger partial charge in [-0.2, -0.15) is 0 Å². The van der Waals surface area contributed by atoms with Crippen LogP contribution in [-0.2, 0) is 6.42 Å². The Labute approximate surface area is 117 Å². The molecule has 1 aromatic heterocycles. The number of hydrogen-bond acceptors (Lipinski definition) is 2. The van der Waals surface area contributed by atoms with Crippen LogP contribution >= 0.6 is 11.6 Å².